The molecule has 1 heterocycles. The topological polar surface area (TPSA) is 55.1 Å². The Hall–Kier alpha value is -2.07. The fraction of sp³-hybridized carbons (Fsp3) is 0.0769. The van der Waals surface area contributed by atoms with Gasteiger partial charge in [0.15, 0.2) is 0 Å². The lowest BCUT2D eigenvalue weighted by atomic mass is 10.1. The summed E-state index contributed by atoms with van der Waals surface area (Å²) in [6, 6.07) is 7.74. The van der Waals surface area contributed by atoms with Gasteiger partial charge in [0.1, 0.15) is 0 Å². The Kier molecular flexibility index (Phi) is 5.14. The van der Waals surface area contributed by atoms with E-state index in [4.69, 9.17) is 5.11 Å². The molecule has 0 bridgehead atoms. The molecule has 0 unspecified atom stereocenters. The molecule has 0 amide bonds. The summed E-state index contributed by atoms with van der Waals surface area (Å²) in [4.78, 5) is 14.3. The van der Waals surface area contributed by atoms with Crippen LogP contribution in [0.3, 0.4) is 0 Å². The van der Waals surface area contributed by atoms with E-state index in [0.29, 0.717) is 0 Å². The first kappa shape index (κ1) is 14.0. The van der Waals surface area contributed by atoms with E-state index in [1.54, 1.807) is 18.6 Å². The molecule has 1 N–H and O–H groups in total. The largest absolute Gasteiger partial charge is 1.00 e. The van der Waals surface area contributed by atoms with Crippen LogP contribution in [0, 0.1) is 0 Å². The van der Waals surface area contributed by atoms with Crippen molar-refractivity contribution in [3.05, 3.63) is 60.2 Å². The standard InChI is InChI=1S/C13H12N2O2.ClH/c16-13(17)6-5-11-1-3-12(4-2-11)9-15-8-7-14-10-15;/h1-8,10H,9H2,(H,16,17);1H/p-1/b6-5+;. The van der Waals surface area contributed by atoms with Gasteiger partial charge in [0.2, 0.25) is 0 Å². The molecule has 0 fully saturated rings. The molecule has 2 aromatic rings. The third kappa shape index (κ3) is 4.07. The molecule has 1 aromatic carbocycles. The number of aromatic nitrogens is 2. The normalized spacial score (nSPS) is 10.2. The molecular weight excluding hydrogens is 252 g/mol. The van der Waals surface area contributed by atoms with Crippen LogP contribution in [-0.2, 0) is 11.3 Å². The highest BCUT2D eigenvalue weighted by molar-refractivity contribution is 5.85. The Labute approximate surface area is 111 Å². The third-order valence-electron chi connectivity index (χ3n) is 2.32. The number of imidazole rings is 1. The molecule has 0 saturated carbocycles. The number of carbonyl (C=O) groups is 1. The third-order valence-corrected chi connectivity index (χ3v) is 2.32. The van der Waals surface area contributed by atoms with Gasteiger partial charge in [-0.25, -0.2) is 9.78 Å². The smallest absolute Gasteiger partial charge is 0.328 e. The Morgan fingerprint density at radius 2 is 2.06 bits per heavy atom. The van der Waals surface area contributed by atoms with Gasteiger partial charge in [-0.1, -0.05) is 24.3 Å². The zero-order chi connectivity index (χ0) is 12.1. The van der Waals surface area contributed by atoms with Crippen LogP contribution in [0.5, 0.6) is 0 Å². The maximum absolute atomic E-state index is 10.4. The number of aliphatic carboxylic acids is 1. The fourth-order valence-corrected chi connectivity index (χ4v) is 1.49. The van der Waals surface area contributed by atoms with Gasteiger partial charge in [-0.3, -0.25) is 0 Å². The van der Waals surface area contributed by atoms with Crippen molar-refractivity contribution in [2.24, 2.45) is 0 Å². The van der Waals surface area contributed by atoms with Gasteiger partial charge in [-0.2, -0.15) is 0 Å². The van der Waals surface area contributed by atoms with Crippen molar-refractivity contribution in [3.63, 3.8) is 0 Å². The summed E-state index contributed by atoms with van der Waals surface area (Å²) >= 11 is 0. The number of hydrogen-bond acceptors (Lipinski definition) is 2. The molecule has 2 rings (SSSR count). The zero-order valence-corrected chi connectivity index (χ0v) is 10.3. The summed E-state index contributed by atoms with van der Waals surface area (Å²) in [5, 5.41) is 8.50. The first-order valence-corrected chi connectivity index (χ1v) is 5.20. The minimum atomic E-state index is -0.938. The molecule has 18 heavy (non-hydrogen) atoms. The van der Waals surface area contributed by atoms with Gasteiger partial charge in [-0.05, 0) is 17.2 Å². The monoisotopic (exact) mass is 263 g/mol. The molecular formula is C13H12ClN2O2-. The lowest BCUT2D eigenvalue weighted by Gasteiger charge is -2.02. The van der Waals surface area contributed by atoms with E-state index in [0.717, 1.165) is 23.7 Å². The second-order valence-electron chi connectivity index (χ2n) is 3.65. The molecule has 0 aliphatic rings. The molecule has 1 aromatic heterocycles. The second kappa shape index (κ2) is 6.61. The average Bonchev–Trinajstić information content (AvgIpc) is 2.81. The molecule has 4 nitrogen and oxygen atoms in total. The molecule has 0 atom stereocenters. The molecule has 0 aliphatic carbocycles. The van der Waals surface area contributed by atoms with Gasteiger partial charge < -0.3 is 22.1 Å². The van der Waals surface area contributed by atoms with Crippen molar-refractivity contribution < 1.29 is 22.3 Å². The fourth-order valence-electron chi connectivity index (χ4n) is 1.49. The highest BCUT2D eigenvalue weighted by atomic mass is 35.5. The number of carboxylic acid groups (broad SMARTS) is 1. The van der Waals surface area contributed by atoms with Crippen LogP contribution in [0.4, 0.5) is 0 Å². The number of benzene rings is 1. The van der Waals surface area contributed by atoms with Crippen LogP contribution >= 0.6 is 0 Å². The SMILES string of the molecule is O=C(O)/C=C/c1ccc(Cn2ccnc2)cc1.[Cl-]. The Morgan fingerprint density at radius 3 is 2.61 bits per heavy atom. The molecule has 0 saturated heterocycles. The summed E-state index contributed by atoms with van der Waals surface area (Å²) in [7, 11) is 0. The van der Waals surface area contributed by atoms with E-state index in [1.807, 2.05) is 35.0 Å². The van der Waals surface area contributed by atoms with E-state index in [1.165, 1.54) is 0 Å². The molecule has 0 aliphatic heterocycles. The van der Waals surface area contributed by atoms with E-state index in [2.05, 4.69) is 4.98 Å². The Morgan fingerprint density at radius 1 is 1.33 bits per heavy atom. The highest BCUT2D eigenvalue weighted by Gasteiger charge is 1.95. The van der Waals surface area contributed by atoms with Gasteiger partial charge >= 0.3 is 5.97 Å². The van der Waals surface area contributed by atoms with Crippen LogP contribution in [0.2, 0.25) is 0 Å². The van der Waals surface area contributed by atoms with Gasteiger partial charge in [0, 0.05) is 25.0 Å². The van der Waals surface area contributed by atoms with Crippen molar-refractivity contribution in [1.29, 1.82) is 0 Å². The Balaban J connectivity index is 0.00000162. The van der Waals surface area contributed by atoms with Crippen LogP contribution in [0.15, 0.2) is 49.1 Å². The summed E-state index contributed by atoms with van der Waals surface area (Å²) in [5.41, 5.74) is 2.03. The molecule has 5 heteroatoms. The van der Waals surface area contributed by atoms with Gasteiger partial charge in [-0.15, -0.1) is 0 Å². The van der Waals surface area contributed by atoms with Crippen molar-refractivity contribution in [1.82, 2.24) is 9.55 Å². The zero-order valence-electron chi connectivity index (χ0n) is 9.53. The first-order valence-electron chi connectivity index (χ1n) is 5.20. The number of hydrogen-bond donors (Lipinski definition) is 1. The van der Waals surface area contributed by atoms with Crippen LogP contribution in [-0.4, -0.2) is 20.6 Å². The molecule has 94 valence electrons. The van der Waals surface area contributed by atoms with Crippen LogP contribution in [0.1, 0.15) is 11.1 Å². The van der Waals surface area contributed by atoms with Gasteiger partial charge in [0.25, 0.3) is 0 Å². The minimum absolute atomic E-state index is 0. The quantitative estimate of drug-likeness (QED) is 0.723. The predicted octanol–water partition coefficient (Wildman–Crippen LogP) is -0.967. The van der Waals surface area contributed by atoms with Crippen molar-refractivity contribution in [2.45, 2.75) is 6.54 Å². The van der Waals surface area contributed by atoms with Crippen molar-refractivity contribution >= 4 is 12.0 Å². The second-order valence-corrected chi connectivity index (χ2v) is 3.65. The Bertz CT molecular complexity index is 518. The summed E-state index contributed by atoms with van der Waals surface area (Å²) in [6.45, 7) is 0.767. The van der Waals surface area contributed by atoms with E-state index in [-0.39, 0.29) is 12.4 Å². The average molecular weight is 264 g/mol. The lowest BCUT2D eigenvalue weighted by Crippen LogP contribution is -3.00. The first-order chi connectivity index (χ1) is 8.24. The maximum Gasteiger partial charge on any atom is 0.328 e. The van der Waals surface area contributed by atoms with E-state index < -0.39 is 5.97 Å². The lowest BCUT2D eigenvalue weighted by molar-refractivity contribution is -0.131. The molecule has 0 spiro atoms. The summed E-state index contributed by atoms with van der Waals surface area (Å²) < 4.78 is 1.97. The number of nitrogens with zero attached hydrogens (tertiary/aromatic N) is 2. The predicted molar refractivity (Wildman–Crippen MR) is 64.4 cm³/mol. The van der Waals surface area contributed by atoms with Crippen molar-refractivity contribution in [3.8, 4) is 0 Å². The molecule has 0 radical (unpaired) electrons. The number of carboxylic acids is 1. The number of rotatable bonds is 4. The highest BCUT2D eigenvalue weighted by Crippen LogP contribution is 2.07. The number of halogens is 1. The van der Waals surface area contributed by atoms with E-state index in [9.17, 15) is 4.79 Å². The van der Waals surface area contributed by atoms with Gasteiger partial charge in [0.05, 0.1) is 6.33 Å². The summed E-state index contributed by atoms with van der Waals surface area (Å²) in [6.07, 6.45) is 8.11. The van der Waals surface area contributed by atoms with Crippen molar-refractivity contribution in [2.75, 3.05) is 0 Å². The van der Waals surface area contributed by atoms with Crippen LogP contribution in [0.25, 0.3) is 6.08 Å². The van der Waals surface area contributed by atoms with E-state index >= 15 is 0 Å². The summed E-state index contributed by atoms with van der Waals surface area (Å²) in [5.74, 6) is -0.938. The van der Waals surface area contributed by atoms with Crippen LogP contribution < -0.4 is 12.4 Å². The minimum Gasteiger partial charge on any atom is -1.00 e. The maximum atomic E-state index is 10.4.